The fourth-order valence-corrected chi connectivity index (χ4v) is 1.70. The molecule has 0 atom stereocenters. The third-order valence-electron chi connectivity index (χ3n) is 1.97. The van der Waals surface area contributed by atoms with Crippen molar-refractivity contribution in [1.82, 2.24) is 9.97 Å². The van der Waals surface area contributed by atoms with E-state index in [9.17, 15) is 8.42 Å². The second kappa shape index (κ2) is 3.99. The summed E-state index contributed by atoms with van der Waals surface area (Å²) in [7, 11) is -4.22. The van der Waals surface area contributed by atoms with Gasteiger partial charge in [-0.2, -0.15) is 8.42 Å². The smallest absolute Gasteiger partial charge is 0.282 e. The van der Waals surface area contributed by atoms with Crippen LogP contribution in [0.5, 0.6) is 0 Å². The fourth-order valence-electron chi connectivity index (χ4n) is 1.23. The molecule has 0 aliphatic rings. The minimum atomic E-state index is -4.22. The van der Waals surface area contributed by atoms with E-state index in [0.29, 0.717) is 11.3 Å². The molecule has 2 aromatic rings. The molecule has 1 N–H and O–H groups in total. The molecule has 2 heterocycles. The summed E-state index contributed by atoms with van der Waals surface area (Å²) in [6.45, 7) is 0. The predicted octanol–water partition coefficient (Wildman–Crippen LogP) is 1.39. The highest BCUT2D eigenvalue weighted by Crippen LogP contribution is 2.18. The molecule has 0 saturated heterocycles. The summed E-state index contributed by atoms with van der Waals surface area (Å²) in [6, 6.07) is 6.58. The summed E-state index contributed by atoms with van der Waals surface area (Å²) in [5.74, 6) is 0. The first kappa shape index (κ1) is 10.7. The number of nitrogens with zero attached hydrogens (tertiary/aromatic N) is 2. The van der Waals surface area contributed by atoms with Gasteiger partial charge in [0.15, 0.2) is 0 Å². The van der Waals surface area contributed by atoms with Crippen molar-refractivity contribution in [1.29, 1.82) is 0 Å². The second-order valence-electron chi connectivity index (χ2n) is 3.10. The third-order valence-corrected chi connectivity index (χ3v) is 2.79. The maximum atomic E-state index is 10.9. The van der Waals surface area contributed by atoms with E-state index in [1.807, 2.05) is 0 Å². The van der Waals surface area contributed by atoms with Crippen molar-refractivity contribution in [3.63, 3.8) is 0 Å². The monoisotopic (exact) mass is 236 g/mol. The van der Waals surface area contributed by atoms with Gasteiger partial charge in [0.2, 0.25) is 0 Å². The SMILES string of the molecule is O=S(=O)(O)c1cncc(-c2ccccn2)c1. The van der Waals surface area contributed by atoms with Gasteiger partial charge in [0.25, 0.3) is 10.1 Å². The third kappa shape index (κ3) is 2.23. The Hall–Kier alpha value is -1.79. The second-order valence-corrected chi connectivity index (χ2v) is 4.52. The van der Waals surface area contributed by atoms with E-state index >= 15 is 0 Å². The topological polar surface area (TPSA) is 80.2 Å². The highest BCUT2D eigenvalue weighted by atomic mass is 32.2. The largest absolute Gasteiger partial charge is 0.296 e. The van der Waals surface area contributed by atoms with Gasteiger partial charge in [-0.25, -0.2) is 0 Å². The molecule has 0 fully saturated rings. The van der Waals surface area contributed by atoms with Gasteiger partial charge in [-0.05, 0) is 18.2 Å². The van der Waals surface area contributed by atoms with Gasteiger partial charge in [-0.15, -0.1) is 0 Å². The zero-order valence-electron chi connectivity index (χ0n) is 8.11. The molecule has 5 nitrogen and oxygen atoms in total. The van der Waals surface area contributed by atoms with Crippen LogP contribution in [0.15, 0.2) is 47.8 Å². The van der Waals surface area contributed by atoms with Crippen LogP contribution in [0.4, 0.5) is 0 Å². The molecule has 0 bridgehead atoms. The van der Waals surface area contributed by atoms with Crippen LogP contribution in [0.1, 0.15) is 0 Å². The average Bonchev–Trinajstić information content (AvgIpc) is 2.29. The minimum Gasteiger partial charge on any atom is -0.282 e. The summed E-state index contributed by atoms with van der Waals surface area (Å²) >= 11 is 0. The highest BCUT2D eigenvalue weighted by molar-refractivity contribution is 7.85. The van der Waals surface area contributed by atoms with Gasteiger partial charge in [-0.1, -0.05) is 6.07 Å². The van der Waals surface area contributed by atoms with Crippen molar-refractivity contribution in [2.24, 2.45) is 0 Å². The average molecular weight is 236 g/mol. The first-order valence-electron chi connectivity index (χ1n) is 4.41. The van der Waals surface area contributed by atoms with Crippen LogP contribution in [0.3, 0.4) is 0 Å². The molecule has 0 unspecified atom stereocenters. The van der Waals surface area contributed by atoms with Gasteiger partial charge < -0.3 is 0 Å². The summed E-state index contributed by atoms with van der Waals surface area (Å²) in [6.07, 6.45) is 4.16. The zero-order valence-corrected chi connectivity index (χ0v) is 8.92. The van der Waals surface area contributed by atoms with Crippen molar-refractivity contribution in [2.75, 3.05) is 0 Å². The van der Waals surface area contributed by atoms with Crippen molar-refractivity contribution >= 4 is 10.1 Å². The zero-order chi connectivity index (χ0) is 11.6. The van der Waals surface area contributed by atoms with Gasteiger partial charge in [0.1, 0.15) is 4.90 Å². The fraction of sp³-hybridized carbons (Fsp3) is 0. The molecule has 0 aliphatic carbocycles. The predicted molar refractivity (Wildman–Crippen MR) is 57.3 cm³/mol. The van der Waals surface area contributed by atoms with Crippen molar-refractivity contribution in [3.8, 4) is 11.3 Å². The summed E-state index contributed by atoms with van der Waals surface area (Å²) in [5.41, 5.74) is 1.14. The Morgan fingerprint density at radius 3 is 2.62 bits per heavy atom. The molecule has 0 aromatic carbocycles. The van der Waals surface area contributed by atoms with Crippen LogP contribution in [0, 0.1) is 0 Å². The Balaban J connectivity index is 2.53. The molecule has 0 aliphatic heterocycles. The normalized spacial score (nSPS) is 11.3. The lowest BCUT2D eigenvalue weighted by Crippen LogP contribution is -1.99. The number of rotatable bonds is 2. The van der Waals surface area contributed by atoms with E-state index in [1.54, 1.807) is 24.4 Å². The lowest BCUT2D eigenvalue weighted by molar-refractivity contribution is 0.483. The molecule has 6 heteroatoms. The van der Waals surface area contributed by atoms with E-state index in [2.05, 4.69) is 9.97 Å². The Bertz CT molecular complexity index is 596. The van der Waals surface area contributed by atoms with Gasteiger partial charge in [0, 0.05) is 24.2 Å². The van der Waals surface area contributed by atoms with Gasteiger partial charge in [0.05, 0.1) is 5.69 Å². The van der Waals surface area contributed by atoms with E-state index in [0.717, 1.165) is 6.20 Å². The molecule has 2 aromatic heterocycles. The molecule has 0 radical (unpaired) electrons. The summed E-state index contributed by atoms with van der Waals surface area (Å²) in [5, 5.41) is 0. The van der Waals surface area contributed by atoms with Crippen LogP contribution >= 0.6 is 0 Å². The van der Waals surface area contributed by atoms with Gasteiger partial charge >= 0.3 is 0 Å². The summed E-state index contributed by atoms with van der Waals surface area (Å²) < 4.78 is 30.7. The van der Waals surface area contributed by atoms with Crippen molar-refractivity contribution in [3.05, 3.63) is 42.9 Å². The molecule has 0 spiro atoms. The first-order valence-corrected chi connectivity index (χ1v) is 5.85. The maximum Gasteiger partial charge on any atom is 0.296 e. The molecule has 16 heavy (non-hydrogen) atoms. The molecule has 0 saturated carbocycles. The van der Waals surface area contributed by atoms with E-state index < -0.39 is 10.1 Å². The minimum absolute atomic E-state index is 0.240. The van der Waals surface area contributed by atoms with Crippen molar-refractivity contribution < 1.29 is 13.0 Å². The number of aromatic nitrogens is 2. The maximum absolute atomic E-state index is 10.9. The lowest BCUT2D eigenvalue weighted by Gasteiger charge is -2.01. The van der Waals surface area contributed by atoms with E-state index in [4.69, 9.17) is 4.55 Å². The number of pyridine rings is 2. The Labute approximate surface area is 92.6 Å². The van der Waals surface area contributed by atoms with Crippen LogP contribution in [0.2, 0.25) is 0 Å². The van der Waals surface area contributed by atoms with E-state index in [1.165, 1.54) is 12.3 Å². The summed E-state index contributed by atoms with van der Waals surface area (Å²) in [4.78, 5) is 7.56. The molecule has 0 amide bonds. The Morgan fingerprint density at radius 2 is 2.00 bits per heavy atom. The molecular weight excluding hydrogens is 228 g/mol. The van der Waals surface area contributed by atoms with Crippen LogP contribution in [-0.2, 0) is 10.1 Å². The van der Waals surface area contributed by atoms with Gasteiger partial charge in [-0.3, -0.25) is 14.5 Å². The quantitative estimate of drug-likeness (QED) is 0.797. The van der Waals surface area contributed by atoms with E-state index in [-0.39, 0.29) is 4.90 Å². The Morgan fingerprint density at radius 1 is 1.19 bits per heavy atom. The molecule has 2 rings (SSSR count). The van der Waals surface area contributed by atoms with Crippen molar-refractivity contribution in [2.45, 2.75) is 4.90 Å². The standard InChI is InChI=1S/C10H8N2O3S/c13-16(14,15)9-5-8(6-11-7-9)10-3-1-2-4-12-10/h1-7H,(H,13,14,15). The number of hydrogen-bond acceptors (Lipinski definition) is 4. The lowest BCUT2D eigenvalue weighted by atomic mass is 10.2. The molecule has 82 valence electrons. The van der Waals surface area contributed by atoms with Crippen LogP contribution < -0.4 is 0 Å². The Kier molecular flexibility index (Phi) is 2.67. The highest BCUT2D eigenvalue weighted by Gasteiger charge is 2.11. The number of hydrogen-bond donors (Lipinski definition) is 1. The molecular formula is C10H8N2O3S. The van der Waals surface area contributed by atoms with Crippen LogP contribution in [0.25, 0.3) is 11.3 Å². The first-order chi connectivity index (χ1) is 7.57. The van der Waals surface area contributed by atoms with Crippen LogP contribution in [-0.4, -0.2) is 22.9 Å².